The van der Waals surface area contributed by atoms with Crippen LogP contribution in [0.15, 0.2) is 60.8 Å². The number of nitriles is 1. The van der Waals surface area contributed by atoms with Crippen molar-refractivity contribution in [2.75, 3.05) is 24.5 Å². The Morgan fingerprint density at radius 2 is 1.89 bits per heavy atom. The number of anilines is 1. The number of amides is 1. The molecule has 0 spiro atoms. The third kappa shape index (κ3) is 3.67. The quantitative estimate of drug-likeness (QED) is 0.759. The summed E-state index contributed by atoms with van der Waals surface area (Å²) in [7, 11) is 0. The summed E-state index contributed by atoms with van der Waals surface area (Å²) in [5.41, 5.74) is 1.34. The van der Waals surface area contributed by atoms with Crippen molar-refractivity contribution < 1.29 is 4.79 Å². The third-order valence-corrected chi connectivity index (χ3v) is 5.41. The van der Waals surface area contributed by atoms with Crippen LogP contribution in [-0.4, -0.2) is 30.5 Å². The molecule has 0 radical (unpaired) electrons. The van der Waals surface area contributed by atoms with Crippen molar-refractivity contribution in [1.29, 1.82) is 5.26 Å². The highest BCUT2D eigenvalue weighted by atomic mass is 16.1. The van der Waals surface area contributed by atoms with E-state index < -0.39 is 0 Å². The summed E-state index contributed by atoms with van der Waals surface area (Å²) in [6, 6.07) is 19.6. The van der Waals surface area contributed by atoms with Gasteiger partial charge in [-0.1, -0.05) is 36.4 Å². The first-order valence-electron chi connectivity index (χ1n) is 9.62. The van der Waals surface area contributed by atoms with Gasteiger partial charge in [0.25, 0.3) is 5.91 Å². The predicted molar refractivity (Wildman–Crippen MR) is 110 cm³/mol. The molecule has 0 bridgehead atoms. The number of piperidine rings is 1. The molecular weight excluding hydrogens is 348 g/mol. The number of benzene rings is 2. The molecule has 1 aromatic heterocycles. The molecule has 1 saturated heterocycles. The molecule has 0 atom stereocenters. The van der Waals surface area contributed by atoms with Crippen molar-refractivity contribution in [2.24, 2.45) is 5.92 Å². The van der Waals surface area contributed by atoms with Crippen LogP contribution < -0.4 is 10.2 Å². The molecule has 0 unspecified atom stereocenters. The monoisotopic (exact) mass is 370 g/mol. The molecule has 2 aromatic carbocycles. The molecule has 1 N–H and O–H groups in total. The van der Waals surface area contributed by atoms with Crippen LogP contribution in [0.3, 0.4) is 0 Å². The maximum absolute atomic E-state index is 12.7. The number of hydrogen-bond donors (Lipinski definition) is 1. The number of rotatable bonds is 4. The third-order valence-electron chi connectivity index (χ3n) is 5.41. The number of fused-ring (bicyclic) bond motifs is 1. The maximum Gasteiger partial charge on any atom is 0.251 e. The molecule has 140 valence electrons. The summed E-state index contributed by atoms with van der Waals surface area (Å²) in [6.07, 6.45) is 3.67. The number of carbonyl (C=O) groups excluding carboxylic acids is 1. The Balaban J connectivity index is 1.35. The summed E-state index contributed by atoms with van der Waals surface area (Å²) in [5, 5.41) is 14.4. The second-order valence-electron chi connectivity index (χ2n) is 7.15. The molecule has 3 aromatic rings. The SMILES string of the molecule is N#Cc1cccnc1N1CCC(CNC(=O)c2cccc3ccccc23)CC1. The molecular formula is C23H22N4O. The first kappa shape index (κ1) is 18.0. The fraction of sp³-hybridized carbons (Fsp3) is 0.261. The van der Waals surface area contributed by atoms with Gasteiger partial charge in [0, 0.05) is 31.4 Å². The van der Waals surface area contributed by atoms with E-state index in [1.807, 2.05) is 42.5 Å². The van der Waals surface area contributed by atoms with Crippen molar-refractivity contribution in [3.63, 3.8) is 0 Å². The Morgan fingerprint density at radius 1 is 1.11 bits per heavy atom. The van der Waals surface area contributed by atoms with Gasteiger partial charge in [-0.15, -0.1) is 0 Å². The van der Waals surface area contributed by atoms with E-state index in [9.17, 15) is 10.1 Å². The van der Waals surface area contributed by atoms with Crippen molar-refractivity contribution >= 4 is 22.5 Å². The van der Waals surface area contributed by atoms with Crippen LogP contribution in [0.4, 0.5) is 5.82 Å². The van der Waals surface area contributed by atoms with Crippen molar-refractivity contribution in [2.45, 2.75) is 12.8 Å². The fourth-order valence-corrected chi connectivity index (χ4v) is 3.84. The molecule has 1 amide bonds. The van der Waals surface area contributed by atoms with Crippen molar-refractivity contribution in [3.05, 3.63) is 71.9 Å². The predicted octanol–water partition coefficient (Wildman–Crippen LogP) is 3.75. The van der Waals surface area contributed by atoms with Gasteiger partial charge in [-0.2, -0.15) is 5.26 Å². The number of aromatic nitrogens is 1. The first-order valence-corrected chi connectivity index (χ1v) is 9.62. The Hall–Kier alpha value is -3.39. The minimum absolute atomic E-state index is 0.0178. The van der Waals surface area contributed by atoms with Crippen LogP contribution >= 0.6 is 0 Å². The topological polar surface area (TPSA) is 69.0 Å². The summed E-state index contributed by atoms with van der Waals surface area (Å²) < 4.78 is 0. The molecule has 5 heteroatoms. The van der Waals surface area contributed by atoms with Gasteiger partial charge >= 0.3 is 0 Å². The average Bonchev–Trinajstić information content (AvgIpc) is 2.77. The van der Waals surface area contributed by atoms with Crippen LogP contribution in [0.5, 0.6) is 0 Å². The van der Waals surface area contributed by atoms with E-state index in [0.29, 0.717) is 18.0 Å². The van der Waals surface area contributed by atoms with E-state index in [-0.39, 0.29) is 5.91 Å². The first-order chi connectivity index (χ1) is 13.8. The van der Waals surface area contributed by atoms with Crippen LogP contribution in [-0.2, 0) is 0 Å². The standard InChI is InChI=1S/C23H22N4O/c24-15-19-7-4-12-25-22(19)27-13-10-17(11-14-27)16-26-23(28)21-9-3-6-18-5-1-2-8-20(18)21/h1-9,12,17H,10-11,13-14,16H2,(H,26,28). The molecule has 0 saturated carbocycles. The molecule has 2 heterocycles. The largest absolute Gasteiger partial charge is 0.356 e. The van der Waals surface area contributed by atoms with Gasteiger partial charge in [-0.3, -0.25) is 4.79 Å². The van der Waals surface area contributed by atoms with E-state index in [4.69, 9.17) is 0 Å². The smallest absolute Gasteiger partial charge is 0.251 e. The summed E-state index contributed by atoms with van der Waals surface area (Å²) in [6.45, 7) is 2.37. The zero-order valence-electron chi connectivity index (χ0n) is 15.6. The molecule has 28 heavy (non-hydrogen) atoms. The van der Waals surface area contributed by atoms with Crippen LogP contribution in [0, 0.1) is 17.2 Å². The van der Waals surface area contributed by atoms with Gasteiger partial charge in [0.05, 0.1) is 5.56 Å². The van der Waals surface area contributed by atoms with Gasteiger partial charge < -0.3 is 10.2 Å². The van der Waals surface area contributed by atoms with E-state index >= 15 is 0 Å². The minimum Gasteiger partial charge on any atom is -0.356 e. The fourth-order valence-electron chi connectivity index (χ4n) is 3.84. The number of nitrogens with zero attached hydrogens (tertiary/aromatic N) is 3. The van der Waals surface area contributed by atoms with Gasteiger partial charge in [0.1, 0.15) is 11.9 Å². The van der Waals surface area contributed by atoms with Crippen molar-refractivity contribution in [3.8, 4) is 6.07 Å². The highest BCUT2D eigenvalue weighted by Crippen LogP contribution is 2.24. The summed E-state index contributed by atoms with van der Waals surface area (Å²) in [5.74, 6) is 1.18. The van der Waals surface area contributed by atoms with E-state index in [2.05, 4.69) is 21.3 Å². The second-order valence-corrected chi connectivity index (χ2v) is 7.15. The number of pyridine rings is 1. The second kappa shape index (κ2) is 8.10. The van der Waals surface area contributed by atoms with Gasteiger partial charge in [-0.05, 0) is 47.7 Å². The maximum atomic E-state index is 12.7. The van der Waals surface area contributed by atoms with Crippen molar-refractivity contribution in [1.82, 2.24) is 10.3 Å². The Morgan fingerprint density at radius 3 is 2.71 bits per heavy atom. The zero-order chi connectivity index (χ0) is 19.3. The highest BCUT2D eigenvalue weighted by Gasteiger charge is 2.22. The van der Waals surface area contributed by atoms with Gasteiger partial charge in [-0.25, -0.2) is 4.98 Å². The molecule has 4 rings (SSSR count). The average molecular weight is 370 g/mol. The molecule has 0 aliphatic carbocycles. The van der Waals surface area contributed by atoms with Crippen LogP contribution in [0.1, 0.15) is 28.8 Å². The normalized spacial score (nSPS) is 14.6. The van der Waals surface area contributed by atoms with Gasteiger partial charge in [0.2, 0.25) is 0 Å². The molecule has 1 aliphatic rings. The minimum atomic E-state index is -0.0178. The lowest BCUT2D eigenvalue weighted by Crippen LogP contribution is -2.39. The number of nitrogens with one attached hydrogen (secondary N) is 1. The number of hydrogen-bond acceptors (Lipinski definition) is 4. The van der Waals surface area contributed by atoms with E-state index in [1.54, 1.807) is 18.3 Å². The van der Waals surface area contributed by atoms with Crippen LogP contribution in [0.2, 0.25) is 0 Å². The molecule has 1 aliphatic heterocycles. The Labute approximate surface area is 164 Å². The van der Waals surface area contributed by atoms with E-state index in [0.717, 1.165) is 48.1 Å². The van der Waals surface area contributed by atoms with Gasteiger partial charge in [0.15, 0.2) is 0 Å². The zero-order valence-corrected chi connectivity index (χ0v) is 15.6. The molecule has 5 nitrogen and oxygen atoms in total. The highest BCUT2D eigenvalue weighted by molar-refractivity contribution is 6.06. The summed E-state index contributed by atoms with van der Waals surface area (Å²) >= 11 is 0. The lowest BCUT2D eigenvalue weighted by atomic mass is 9.96. The lowest BCUT2D eigenvalue weighted by molar-refractivity contribution is 0.0946. The van der Waals surface area contributed by atoms with Crippen LogP contribution in [0.25, 0.3) is 10.8 Å². The lowest BCUT2D eigenvalue weighted by Gasteiger charge is -2.33. The number of carbonyl (C=O) groups is 1. The Kier molecular flexibility index (Phi) is 5.20. The van der Waals surface area contributed by atoms with E-state index in [1.165, 1.54) is 0 Å². The summed E-state index contributed by atoms with van der Waals surface area (Å²) in [4.78, 5) is 19.2. The Bertz CT molecular complexity index is 1030. The molecule has 1 fully saturated rings.